The SMILES string of the molecule is CCC(C)c1ccc(Cn2c(/N=N/c3sc(N(CC)CC)nc3-c3ccccc3Cl)nc(C#N)c2C#N)cc1. The molecule has 198 valence electrons. The van der Waals surface area contributed by atoms with Crippen LogP contribution in [0.3, 0.4) is 0 Å². The Labute approximate surface area is 237 Å². The van der Waals surface area contributed by atoms with Gasteiger partial charge in [-0.15, -0.1) is 10.2 Å². The molecule has 1 atom stereocenters. The zero-order valence-corrected chi connectivity index (χ0v) is 24.0. The van der Waals surface area contributed by atoms with Crippen molar-refractivity contribution in [3.05, 3.63) is 76.1 Å². The third-order valence-electron chi connectivity index (χ3n) is 6.65. The molecule has 0 aliphatic carbocycles. The molecular weight excluding hydrogens is 528 g/mol. The molecule has 0 bridgehead atoms. The summed E-state index contributed by atoms with van der Waals surface area (Å²) in [6, 6.07) is 19.9. The summed E-state index contributed by atoms with van der Waals surface area (Å²) in [6.45, 7) is 10.4. The van der Waals surface area contributed by atoms with Crippen molar-refractivity contribution in [1.29, 1.82) is 10.5 Å². The number of nitriles is 2. The van der Waals surface area contributed by atoms with E-state index >= 15 is 0 Å². The fourth-order valence-corrected chi connectivity index (χ4v) is 5.40. The van der Waals surface area contributed by atoms with Gasteiger partial charge in [0.15, 0.2) is 21.5 Å². The van der Waals surface area contributed by atoms with Gasteiger partial charge in [-0.3, -0.25) is 4.57 Å². The molecule has 0 aliphatic heterocycles. The largest absolute Gasteiger partial charge is 0.349 e. The molecule has 0 N–H and O–H groups in total. The monoisotopic (exact) mass is 556 g/mol. The van der Waals surface area contributed by atoms with Crippen LogP contribution in [-0.2, 0) is 6.54 Å². The summed E-state index contributed by atoms with van der Waals surface area (Å²) >= 11 is 7.92. The zero-order chi connectivity index (χ0) is 27.9. The Balaban J connectivity index is 1.76. The first kappa shape index (κ1) is 28.0. The number of azo groups is 1. The summed E-state index contributed by atoms with van der Waals surface area (Å²) in [5.74, 6) is 0.640. The molecule has 10 heteroatoms. The van der Waals surface area contributed by atoms with Gasteiger partial charge in [-0.2, -0.15) is 15.5 Å². The van der Waals surface area contributed by atoms with Gasteiger partial charge < -0.3 is 4.90 Å². The fraction of sp³-hybridized carbons (Fsp3) is 0.310. The summed E-state index contributed by atoms with van der Waals surface area (Å²) < 4.78 is 1.63. The molecule has 0 amide bonds. The highest BCUT2D eigenvalue weighted by atomic mass is 35.5. The molecular formula is C29H29ClN8S. The number of imidazole rings is 1. The van der Waals surface area contributed by atoms with Gasteiger partial charge in [0.1, 0.15) is 17.8 Å². The molecule has 2 heterocycles. The number of rotatable bonds is 10. The molecule has 0 saturated carbocycles. The first-order valence-electron chi connectivity index (χ1n) is 12.9. The molecule has 4 rings (SSSR count). The summed E-state index contributed by atoms with van der Waals surface area (Å²) in [4.78, 5) is 11.3. The van der Waals surface area contributed by atoms with E-state index in [0.29, 0.717) is 28.2 Å². The van der Waals surface area contributed by atoms with Gasteiger partial charge in [-0.1, -0.05) is 79.2 Å². The van der Waals surface area contributed by atoms with Crippen molar-refractivity contribution in [3.8, 4) is 23.4 Å². The molecule has 0 spiro atoms. The Morgan fingerprint density at radius 3 is 2.33 bits per heavy atom. The van der Waals surface area contributed by atoms with Gasteiger partial charge in [0.05, 0.1) is 11.6 Å². The normalized spacial score (nSPS) is 11.9. The second-order valence-corrected chi connectivity index (χ2v) is 10.3. The molecule has 2 aromatic heterocycles. The highest BCUT2D eigenvalue weighted by molar-refractivity contribution is 7.19. The Bertz CT molecular complexity index is 1550. The molecule has 0 saturated heterocycles. The lowest BCUT2D eigenvalue weighted by Crippen LogP contribution is -2.21. The van der Waals surface area contributed by atoms with Gasteiger partial charge in [0.25, 0.3) is 5.95 Å². The Morgan fingerprint density at radius 1 is 1.00 bits per heavy atom. The maximum atomic E-state index is 9.84. The Hall–Kier alpha value is -4.05. The number of hydrogen-bond acceptors (Lipinski definition) is 8. The smallest absolute Gasteiger partial charge is 0.252 e. The highest BCUT2D eigenvalue weighted by Crippen LogP contribution is 2.42. The average Bonchev–Trinajstić information content (AvgIpc) is 3.53. The third kappa shape index (κ3) is 6.01. The zero-order valence-electron chi connectivity index (χ0n) is 22.4. The van der Waals surface area contributed by atoms with Gasteiger partial charge in [-0.25, -0.2) is 4.98 Å². The van der Waals surface area contributed by atoms with Crippen LogP contribution >= 0.6 is 22.9 Å². The van der Waals surface area contributed by atoms with Gasteiger partial charge in [0.2, 0.25) is 0 Å². The third-order valence-corrected chi connectivity index (χ3v) is 7.98. The lowest BCUT2D eigenvalue weighted by Gasteiger charge is -2.16. The summed E-state index contributed by atoms with van der Waals surface area (Å²) in [6.07, 6.45) is 1.05. The first-order valence-corrected chi connectivity index (χ1v) is 14.0. The lowest BCUT2D eigenvalue weighted by molar-refractivity contribution is 0.730. The number of nitrogens with zero attached hydrogens (tertiary/aromatic N) is 8. The fourth-order valence-electron chi connectivity index (χ4n) is 4.15. The summed E-state index contributed by atoms with van der Waals surface area (Å²) in [5.41, 5.74) is 3.76. The molecule has 8 nitrogen and oxygen atoms in total. The van der Waals surface area contributed by atoms with Crippen molar-refractivity contribution in [1.82, 2.24) is 14.5 Å². The number of halogens is 1. The van der Waals surface area contributed by atoms with Crippen molar-refractivity contribution >= 4 is 39.0 Å². The van der Waals surface area contributed by atoms with Crippen molar-refractivity contribution in [3.63, 3.8) is 0 Å². The van der Waals surface area contributed by atoms with Crippen molar-refractivity contribution in [2.75, 3.05) is 18.0 Å². The maximum absolute atomic E-state index is 9.84. The van der Waals surface area contributed by atoms with E-state index in [4.69, 9.17) is 16.6 Å². The molecule has 2 aromatic carbocycles. The first-order chi connectivity index (χ1) is 18.9. The number of hydrogen-bond donors (Lipinski definition) is 0. The van der Waals surface area contributed by atoms with Gasteiger partial charge in [-0.05, 0) is 43.4 Å². The van der Waals surface area contributed by atoms with Crippen LogP contribution in [0.25, 0.3) is 11.3 Å². The maximum Gasteiger partial charge on any atom is 0.252 e. The van der Waals surface area contributed by atoms with Crippen molar-refractivity contribution in [2.24, 2.45) is 10.2 Å². The summed E-state index contributed by atoms with van der Waals surface area (Å²) in [7, 11) is 0. The molecule has 0 fully saturated rings. The van der Waals surface area contributed by atoms with E-state index in [-0.39, 0.29) is 17.3 Å². The number of thiazole rings is 1. The van der Waals surface area contributed by atoms with E-state index in [1.807, 2.05) is 42.5 Å². The van der Waals surface area contributed by atoms with Crippen LogP contribution in [0.2, 0.25) is 5.02 Å². The topological polar surface area (TPSA) is 106 Å². The highest BCUT2D eigenvalue weighted by Gasteiger charge is 2.20. The number of benzene rings is 2. The minimum atomic E-state index is 0.0159. The van der Waals surface area contributed by atoms with Crippen molar-refractivity contribution < 1.29 is 0 Å². The lowest BCUT2D eigenvalue weighted by atomic mass is 9.98. The molecule has 39 heavy (non-hydrogen) atoms. The quantitative estimate of drug-likeness (QED) is 0.183. The van der Waals surface area contributed by atoms with Crippen LogP contribution in [0, 0.1) is 22.7 Å². The predicted molar refractivity (Wildman–Crippen MR) is 156 cm³/mol. The minimum absolute atomic E-state index is 0.0159. The van der Waals surface area contributed by atoms with E-state index in [9.17, 15) is 10.5 Å². The van der Waals surface area contributed by atoms with Gasteiger partial charge >= 0.3 is 0 Å². The van der Waals surface area contributed by atoms with Gasteiger partial charge in [0, 0.05) is 18.7 Å². The van der Waals surface area contributed by atoms with Crippen molar-refractivity contribution in [2.45, 2.75) is 46.6 Å². The number of anilines is 1. The van der Waals surface area contributed by atoms with Crippen LogP contribution < -0.4 is 4.90 Å². The van der Waals surface area contributed by atoms with Crippen LogP contribution in [0.1, 0.15) is 62.5 Å². The van der Waals surface area contributed by atoms with Crippen LogP contribution in [0.5, 0.6) is 0 Å². The van der Waals surface area contributed by atoms with E-state index in [2.05, 4.69) is 66.0 Å². The van der Waals surface area contributed by atoms with E-state index in [1.54, 1.807) is 4.57 Å². The number of aromatic nitrogens is 3. The molecule has 1 unspecified atom stereocenters. The average molecular weight is 557 g/mol. The standard InChI is InChI=1S/C29H29ClN8S/c1-5-19(4)21-14-12-20(13-15-21)18-38-25(17-32)24(16-31)33-28(38)36-35-27-26(22-10-8-9-11-23(22)30)34-29(39-27)37(6-2)7-3/h8-15,19H,5-7,18H2,1-4H3/b36-35+. The second kappa shape index (κ2) is 12.7. The predicted octanol–water partition coefficient (Wildman–Crippen LogP) is 8.23. The van der Waals surface area contributed by atoms with E-state index in [0.717, 1.165) is 35.8 Å². The Kier molecular flexibility index (Phi) is 9.08. The van der Waals surface area contributed by atoms with E-state index in [1.165, 1.54) is 16.9 Å². The molecule has 0 radical (unpaired) electrons. The van der Waals surface area contributed by atoms with Crippen LogP contribution in [-0.4, -0.2) is 27.6 Å². The second-order valence-electron chi connectivity index (χ2n) is 8.97. The molecule has 4 aromatic rings. The molecule has 0 aliphatic rings. The van der Waals surface area contributed by atoms with Crippen LogP contribution in [0.4, 0.5) is 16.1 Å². The van der Waals surface area contributed by atoms with E-state index < -0.39 is 0 Å². The minimum Gasteiger partial charge on any atom is -0.349 e. The Morgan fingerprint density at radius 2 is 1.72 bits per heavy atom. The van der Waals surface area contributed by atoms with Crippen LogP contribution in [0.15, 0.2) is 58.8 Å². The summed E-state index contributed by atoms with van der Waals surface area (Å²) in [5, 5.41) is 30.4.